The smallest absolute Gasteiger partial charge is 0.412 e. The first kappa shape index (κ1) is 16.0. The summed E-state index contributed by atoms with van der Waals surface area (Å²) in [5.41, 5.74) is 6.35. The molecule has 20 heavy (non-hydrogen) atoms. The molecule has 1 aromatic rings. The number of rotatable bonds is 4. The fourth-order valence-corrected chi connectivity index (χ4v) is 1.52. The van der Waals surface area contributed by atoms with Crippen LogP contribution in [0.1, 0.15) is 26.3 Å². The van der Waals surface area contributed by atoms with Gasteiger partial charge in [0.25, 0.3) is 0 Å². The molecule has 1 rings (SSSR count). The third-order valence-electron chi connectivity index (χ3n) is 2.33. The van der Waals surface area contributed by atoms with Gasteiger partial charge in [-0.15, -0.1) is 0 Å². The molecule has 110 valence electrons. The Morgan fingerprint density at radius 1 is 1.40 bits per heavy atom. The van der Waals surface area contributed by atoms with E-state index in [0.29, 0.717) is 18.0 Å². The molecule has 5 nitrogen and oxygen atoms in total. The van der Waals surface area contributed by atoms with E-state index in [1.165, 1.54) is 0 Å². The van der Waals surface area contributed by atoms with E-state index >= 15 is 0 Å². The molecule has 0 aliphatic heterocycles. The Hall–Kier alpha value is -2.01. The number of carbonyl (C=O) groups excluding carboxylic acids is 1. The molecule has 0 fully saturated rings. The lowest BCUT2D eigenvalue weighted by molar-refractivity contribution is 0.0636. The van der Waals surface area contributed by atoms with Crippen molar-refractivity contribution in [2.24, 2.45) is 5.73 Å². The Labute approximate surface area is 119 Å². The molecule has 1 aromatic carbocycles. The van der Waals surface area contributed by atoms with Crippen molar-refractivity contribution in [3.63, 3.8) is 0 Å². The van der Waals surface area contributed by atoms with E-state index in [2.05, 4.69) is 5.32 Å². The molecule has 5 heteroatoms. The van der Waals surface area contributed by atoms with Crippen molar-refractivity contribution in [2.75, 3.05) is 19.0 Å². The summed E-state index contributed by atoms with van der Waals surface area (Å²) in [6, 6.07) is 5.40. The third kappa shape index (κ3) is 5.32. The Kier molecular flexibility index (Phi) is 5.58. The second-order valence-corrected chi connectivity index (χ2v) is 5.22. The molecule has 0 spiro atoms. The summed E-state index contributed by atoms with van der Waals surface area (Å²) in [5, 5.41) is 2.72. The molecule has 1 amide bonds. The maximum atomic E-state index is 11.8. The molecule has 0 heterocycles. The molecule has 0 saturated heterocycles. The van der Waals surface area contributed by atoms with E-state index in [9.17, 15) is 4.79 Å². The fourth-order valence-electron chi connectivity index (χ4n) is 1.52. The highest BCUT2D eigenvalue weighted by molar-refractivity contribution is 5.88. The number of benzene rings is 1. The van der Waals surface area contributed by atoms with Crippen LogP contribution in [0.2, 0.25) is 0 Å². The lowest BCUT2D eigenvalue weighted by atomic mass is 10.1. The SMILES string of the molecule is COc1ccc(/C=C\CN)c(NC(=O)OC(C)(C)C)c1. The van der Waals surface area contributed by atoms with Crippen LogP contribution in [0.15, 0.2) is 24.3 Å². The van der Waals surface area contributed by atoms with Gasteiger partial charge in [-0.05, 0) is 38.5 Å². The molecular weight excluding hydrogens is 256 g/mol. The standard InChI is InChI=1S/C15H22N2O3/c1-15(2,3)20-14(18)17-13-10-12(19-4)8-7-11(13)6-5-9-16/h5-8,10H,9,16H2,1-4H3,(H,17,18)/b6-5-. The Balaban J connectivity index is 2.95. The van der Waals surface area contributed by atoms with Gasteiger partial charge in [0.2, 0.25) is 0 Å². The molecule has 0 atom stereocenters. The number of carbonyl (C=O) groups is 1. The number of methoxy groups -OCH3 is 1. The molecule has 0 aliphatic rings. The zero-order valence-corrected chi connectivity index (χ0v) is 12.4. The fraction of sp³-hybridized carbons (Fsp3) is 0.400. The van der Waals surface area contributed by atoms with Gasteiger partial charge in [0.1, 0.15) is 11.4 Å². The van der Waals surface area contributed by atoms with E-state index in [1.807, 2.05) is 45.1 Å². The first-order chi connectivity index (χ1) is 9.35. The summed E-state index contributed by atoms with van der Waals surface area (Å²) < 4.78 is 10.4. The maximum Gasteiger partial charge on any atom is 0.412 e. The predicted octanol–water partition coefficient (Wildman–Crippen LogP) is 3.01. The highest BCUT2D eigenvalue weighted by Gasteiger charge is 2.17. The zero-order valence-electron chi connectivity index (χ0n) is 12.4. The van der Waals surface area contributed by atoms with Crippen LogP contribution in [0.25, 0.3) is 6.08 Å². The van der Waals surface area contributed by atoms with E-state index < -0.39 is 11.7 Å². The normalized spacial score (nSPS) is 11.4. The number of hydrogen-bond acceptors (Lipinski definition) is 4. The van der Waals surface area contributed by atoms with Crippen molar-refractivity contribution in [1.29, 1.82) is 0 Å². The van der Waals surface area contributed by atoms with Gasteiger partial charge in [0.15, 0.2) is 0 Å². The summed E-state index contributed by atoms with van der Waals surface area (Å²) in [4.78, 5) is 11.8. The number of amides is 1. The van der Waals surface area contributed by atoms with Crippen LogP contribution in [0.5, 0.6) is 5.75 Å². The van der Waals surface area contributed by atoms with E-state index in [0.717, 1.165) is 5.56 Å². The lowest BCUT2D eigenvalue weighted by Gasteiger charge is -2.20. The van der Waals surface area contributed by atoms with Crippen molar-refractivity contribution < 1.29 is 14.3 Å². The average molecular weight is 278 g/mol. The van der Waals surface area contributed by atoms with Crippen LogP contribution in [0, 0.1) is 0 Å². The Morgan fingerprint density at radius 3 is 2.65 bits per heavy atom. The molecule has 0 unspecified atom stereocenters. The first-order valence-electron chi connectivity index (χ1n) is 6.40. The van der Waals surface area contributed by atoms with Gasteiger partial charge in [0, 0.05) is 12.6 Å². The van der Waals surface area contributed by atoms with E-state index in [-0.39, 0.29) is 0 Å². The summed E-state index contributed by atoms with van der Waals surface area (Å²) >= 11 is 0. The first-order valence-corrected chi connectivity index (χ1v) is 6.40. The molecular formula is C15H22N2O3. The number of ether oxygens (including phenoxy) is 2. The van der Waals surface area contributed by atoms with Crippen LogP contribution < -0.4 is 15.8 Å². The molecule has 0 saturated carbocycles. The summed E-state index contributed by atoms with van der Waals surface area (Å²) in [6.45, 7) is 5.87. The van der Waals surface area contributed by atoms with Gasteiger partial charge in [-0.25, -0.2) is 4.79 Å². The van der Waals surface area contributed by atoms with Crippen molar-refractivity contribution in [1.82, 2.24) is 0 Å². The summed E-state index contributed by atoms with van der Waals surface area (Å²) in [6.07, 6.45) is 3.14. The van der Waals surface area contributed by atoms with Crippen LogP contribution in [0.3, 0.4) is 0 Å². The number of anilines is 1. The number of hydrogen-bond donors (Lipinski definition) is 2. The Morgan fingerprint density at radius 2 is 2.10 bits per heavy atom. The van der Waals surface area contributed by atoms with E-state index in [1.54, 1.807) is 13.2 Å². The minimum Gasteiger partial charge on any atom is -0.497 e. The van der Waals surface area contributed by atoms with Crippen LogP contribution in [0.4, 0.5) is 10.5 Å². The van der Waals surface area contributed by atoms with Gasteiger partial charge < -0.3 is 15.2 Å². The van der Waals surface area contributed by atoms with Gasteiger partial charge in [-0.1, -0.05) is 12.2 Å². The highest BCUT2D eigenvalue weighted by Crippen LogP contribution is 2.24. The van der Waals surface area contributed by atoms with Crippen LogP contribution in [-0.4, -0.2) is 25.3 Å². The minimum atomic E-state index is -0.545. The monoisotopic (exact) mass is 278 g/mol. The summed E-state index contributed by atoms with van der Waals surface area (Å²) in [7, 11) is 1.57. The van der Waals surface area contributed by atoms with Gasteiger partial charge in [-0.2, -0.15) is 0 Å². The van der Waals surface area contributed by atoms with Crippen molar-refractivity contribution in [3.05, 3.63) is 29.8 Å². The Bertz CT molecular complexity index is 490. The summed E-state index contributed by atoms with van der Waals surface area (Å²) in [5.74, 6) is 0.654. The quantitative estimate of drug-likeness (QED) is 0.888. The molecule has 0 aromatic heterocycles. The number of nitrogens with one attached hydrogen (secondary N) is 1. The molecule has 0 radical (unpaired) electrons. The molecule has 3 N–H and O–H groups in total. The van der Waals surface area contributed by atoms with Gasteiger partial charge in [-0.3, -0.25) is 5.32 Å². The largest absolute Gasteiger partial charge is 0.497 e. The number of nitrogens with two attached hydrogens (primary N) is 1. The molecule has 0 aliphatic carbocycles. The second kappa shape index (κ2) is 6.96. The van der Waals surface area contributed by atoms with Crippen LogP contribution >= 0.6 is 0 Å². The highest BCUT2D eigenvalue weighted by atomic mass is 16.6. The minimum absolute atomic E-state index is 0.428. The zero-order chi connectivity index (χ0) is 15.2. The second-order valence-electron chi connectivity index (χ2n) is 5.22. The van der Waals surface area contributed by atoms with Gasteiger partial charge in [0.05, 0.1) is 12.8 Å². The van der Waals surface area contributed by atoms with Crippen molar-refractivity contribution in [3.8, 4) is 5.75 Å². The maximum absolute atomic E-state index is 11.8. The lowest BCUT2D eigenvalue weighted by Crippen LogP contribution is -2.27. The molecule has 0 bridgehead atoms. The predicted molar refractivity (Wildman–Crippen MR) is 80.9 cm³/mol. The average Bonchev–Trinajstić information content (AvgIpc) is 2.34. The topological polar surface area (TPSA) is 73.6 Å². The van der Waals surface area contributed by atoms with E-state index in [4.69, 9.17) is 15.2 Å². The van der Waals surface area contributed by atoms with Crippen molar-refractivity contribution in [2.45, 2.75) is 26.4 Å². The van der Waals surface area contributed by atoms with Crippen molar-refractivity contribution >= 4 is 17.9 Å². The van der Waals surface area contributed by atoms with Gasteiger partial charge >= 0.3 is 6.09 Å². The third-order valence-corrected chi connectivity index (χ3v) is 2.33. The van der Waals surface area contributed by atoms with Crippen LogP contribution in [-0.2, 0) is 4.74 Å².